The van der Waals surface area contributed by atoms with Crippen LogP contribution in [0.4, 0.5) is 5.82 Å². The number of nitrogens with one attached hydrogen (secondary N) is 1. The maximum atomic E-state index is 11.8. The molecule has 0 aliphatic carbocycles. The Kier molecular flexibility index (Phi) is 2.88. The van der Waals surface area contributed by atoms with Crippen molar-refractivity contribution in [3.05, 3.63) is 11.3 Å². The van der Waals surface area contributed by atoms with Gasteiger partial charge < -0.3 is 0 Å². The number of hydrogen-bond acceptors (Lipinski definition) is 4. The average Bonchev–Trinajstić information content (AvgIpc) is 2.81. The van der Waals surface area contributed by atoms with E-state index in [1.807, 2.05) is 0 Å². The highest BCUT2D eigenvalue weighted by atomic mass is 32.1. The molecule has 1 amide bonds. The lowest BCUT2D eigenvalue weighted by Gasteiger charge is -2.13. The van der Waals surface area contributed by atoms with Crippen molar-refractivity contribution in [3.8, 4) is 6.07 Å². The predicted octanol–water partition coefficient (Wildman–Crippen LogP) is 0.872. The van der Waals surface area contributed by atoms with E-state index in [1.54, 1.807) is 11.8 Å². The summed E-state index contributed by atoms with van der Waals surface area (Å²) in [5.41, 5.74) is 1.15. The molecule has 0 aromatic carbocycles. The van der Waals surface area contributed by atoms with E-state index in [4.69, 9.17) is 5.26 Å². The van der Waals surface area contributed by atoms with Crippen LogP contribution < -0.4 is 4.90 Å². The van der Waals surface area contributed by atoms with Crippen molar-refractivity contribution in [2.45, 2.75) is 13.3 Å². The molecule has 2 rings (SSSR count). The topological polar surface area (TPSA) is 72.8 Å². The summed E-state index contributed by atoms with van der Waals surface area (Å²) in [7, 11) is 0. The second-order valence-electron chi connectivity index (χ2n) is 3.92. The molecule has 2 heterocycles. The first-order valence-electron chi connectivity index (χ1n) is 5.03. The van der Waals surface area contributed by atoms with Crippen LogP contribution in [0.3, 0.4) is 0 Å². The molecule has 0 bridgehead atoms. The molecule has 1 unspecified atom stereocenters. The molecule has 0 radical (unpaired) electrons. The average molecular weight is 236 g/mol. The van der Waals surface area contributed by atoms with Crippen molar-refractivity contribution >= 4 is 24.4 Å². The van der Waals surface area contributed by atoms with Crippen molar-refractivity contribution in [1.29, 1.82) is 5.26 Å². The number of nitrogens with zero attached hydrogens (tertiary/aromatic N) is 3. The maximum absolute atomic E-state index is 11.8. The minimum absolute atomic E-state index is 0.0158. The number of H-pyrrole nitrogens is 1. The standard InChI is InChI=1S/C10H12N4OS/c1-6-8(3-11)10(13-12-6)14-4-7(5-16)2-9(14)15/h7,16H,2,4-5H2,1H3,(H,12,13). The first kappa shape index (κ1) is 11.0. The fourth-order valence-electron chi connectivity index (χ4n) is 1.85. The van der Waals surface area contributed by atoms with Gasteiger partial charge in [-0.3, -0.25) is 14.8 Å². The van der Waals surface area contributed by atoms with Crippen molar-refractivity contribution in [2.24, 2.45) is 5.92 Å². The molecule has 84 valence electrons. The number of carbonyl (C=O) groups excluding carboxylic acids is 1. The lowest BCUT2D eigenvalue weighted by atomic mass is 10.1. The zero-order chi connectivity index (χ0) is 11.7. The number of amides is 1. The van der Waals surface area contributed by atoms with Crippen molar-refractivity contribution in [3.63, 3.8) is 0 Å². The molecule has 1 aliphatic rings. The first-order chi connectivity index (χ1) is 7.67. The van der Waals surface area contributed by atoms with E-state index in [-0.39, 0.29) is 11.8 Å². The van der Waals surface area contributed by atoms with Crippen LogP contribution in [-0.2, 0) is 4.79 Å². The summed E-state index contributed by atoms with van der Waals surface area (Å²) in [5.74, 6) is 1.39. The molecular weight excluding hydrogens is 224 g/mol. The third-order valence-corrected chi connectivity index (χ3v) is 3.28. The van der Waals surface area contributed by atoms with E-state index in [0.717, 1.165) is 0 Å². The zero-order valence-electron chi connectivity index (χ0n) is 8.90. The Bertz CT molecular complexity index is 462. The number of hydrogen-bond donors (Lipinski definition) is 2. The van der Waals surface area contributed by atoms with Gasteiger partial charge in [0.15, 0.2) is 5.82 Å². The van der Waals surface area contributed by atoms with Crippen molar-refractivity contribution < 1.29 is 4.79 Å². The smallest absolute Gasteiger partial charge is 0.228 e. The van der Waals surface area contributed by atoms with E-state index in [9.17, 15) is 4.79 Å². The summed E-state index contributed by atoms with van der Waals surface area (Å²) in [6.07, 6.45) is 0.486. The number of nitriles is 1. The number of aromatic nitrogens is 2. The van der Waals surface area contributed by atoms with E-state index < -0.39 is 0 Å². The lowest BCUT2D eigenvalue weighted by molar-refractivity contribution is -0.117. The summed E-state index contributed by atoms with van der Waals surface area (Å²) in [6, 6.07) is 2.07. The highest BCUT2D eigenvalue weighted by molar-refractivity contribution is 7.80. The van der Waals surface area contributed by atoms with Gasteiger partial charge in [-0.2, -0.15) is 23.0 Å². The Hall–Kier alpha value is -1.48. The molecule has 1 aliphatic heterocycles. The number of aromatic amines is 1. The fraction of sp³-hybridized carbons (Fsp3) is 0.500. The molecular formula is C10H12N4OS. The van der Waals surface area contributed by atoms with Crippen LogP contribution in [0, 0.1) is 24.2 Å². The van der Waals surface area contributed by atoms with Crippen LogP contribution in [0.5, 0.6) is 0 Å². The van der Waals surface area contributed by atoms with E-state index in [2.05, 4.69) is 28.9 Å². The molecule has 1 fully saturated rings. The minimum atomic E-state index is 0.0158. The number of carbonyl (C=O) groups is 1. The van der Waals surface area contributed by atoms with Gasteiger partial charge in [0.1, 0.15) is 11.6 Å². The summed E-state index contributed by atoms with van der Waals surface area (Å²) in [4.78, 5) is 13.3. The molecule has 1 aromatic rings. The summed E-state index contributed by atoms with van der Waals surface area (Å²) >= 11 is 4.19. The van der Waals surface area contributed by atoms with Gasteiger partial charge in [-0.05, 0) is 18.6 Å². The van der Waals surface area contributed by atoms with E-state index >= 15 is 0 Å². The SMILES string of the molecule is Cc1[nH]nc(N2CC(CS)CC2=O)c1C#N. The first-order valence-corrected chi connectivity index (χ1v) is 5.67. The van der Waals surface area contributed by atoms with Gasteiger partial charge in [-0.25, -0.2) is 0 Å². The van der Waals surface area contributed by atoms with Crippen LogP contribution >= 0.6 is 12.6 Å². The number of rotatable bonds is 2. The van der Waals surface area contributed by atoms with Crippen molar-refractivity contribution in [2.75, 3.05) is 17.2 Å². The number of aryl methyl sites for hydroxylation is 1. The van der Waals surface area contributed by atoms with E-state index in [0.29, 0.717) is 35.8 Å². The second-order valence-corrected chi connectivity index (χ2v) is 4.28. The highest BCUT2D eigenvalue weighted by Gasteiger charge is 2.32. The number of anilines is 1. The Labute approximate surface area is 98.8 Å². The van der Waals surface area contributed by atoms with Crippen LogP contribution in [-0.4, -0.2) is 28.4 Å². The quantitative estimate of drug-likeness (QED) is 0.748. The van der Waals surface area contributed by atoms with Crippen LogP contribution in [0.25, 0.3) is 0 Å². The Balaban J connectivity index is 2.32. The van der Waals surface area contributed by atoms with Crippen LogP contribution in [0.2, 0.25) is 0 Å². The largest absolute Gasteiger partial charge is 0.294 e. The molecule has 1 saturated heterocycles. The predicted molar refractivity (Wildman–Crippen MR) is 62.4 cm³/mol. The maximum Gasteiger partial charge on any atom is 0.228 e. The lowest BCUT2D eigenvalue weighted by Crippen LogP contribution is -2.25. The van der Waals surface area contributed by atoms with Gasteiger partial charge in [0, 0.05) is 13.0 Å². The van der Waals surface area contributed by atoms with Gasteiger partial charge in [0.2, 0.25) is 5.91 Å². The second kappa shape index (κ2) is 4.18. The monoisotopic (exact) mass is 236 g/mol. The normalized spacial score (nSPS) is 20.2. The Morgan fingerprint density at radius 3 is 3.06 bits per heavy atom. The zero-order valence-corrected chi connectivity index (χ0v) is 9.79. The molecule has 1 atom stereocenters. The highest BCUT2D eigenvalue weighted by Crippen LogP contribution is 2.27. The molecule has 0 saturated carbocycles. The molecule has 1 aromatic heterocycles. The third-order valence-electron chi connectivity index (χ3n) is 2.76. The molecule has 5 nitrogen and oxygen atoms in total. The minimum Gasteiger partial charge on any atom is -0.294 e. The van der Waals surface area contributed by atoms with Gasteiger partial charge in [-0.1, -0.05) is 0 Å². The Morgan fingerprint density at radius 1 is 1.75 bits per heavy atom. The fourth-order valence-corrected chi connectivity index (χ4v) is 2.10. The van der Waals surface area contributed by atoms with Crippen LogP contribution in [0.1, 0.15) is 17.7 Å². The van der Waals surface area contributed by atoms with Gasteiger partial charge in [0.25, 0.3) is 0 Å². The summed E-state index contributed by atoms with van der Waals surface area (Å²) in [6.45, 7) is 2.37. The number of thiol groups is 1. The van der Waals surface area contributed by atoms with Crippen LogP contribution in [0.15, 0.2) is 0 Å². The van der Waals surface area contributed by atoms with Gasteiger partial charge >= 0.3 is 0 Å². The van der Waals surface area contributed by atoms with Gasteiger partial charge in [-0.15, -0.1) is 0 Å². The summed E-state index contributed by atoms with van der Waals surface area (Å²) in [5, 5.41) is 15.7. The third kappa shape index (κ3) is 1.67. The van der Waals surface area contributed by atoms with Crippen molar-refractivity contribution in [1.82, 2.24) is 10.2 Å². The van der Waals surface area contributed by atoms with Gasteiger partial charge in [0.05, 0.1) is 5.69 Å². The molecule has 0 spiro atoms. The Morgan fingerprint density at radius 2 is 2.50 bits per heavy atom. The van der Waals surface area contributed by atoms with E-state index in [1.165, 1.54) is 0 Å². The summed E-state index contributed by atoms with van der Waals surface area (Å²) < 4.78 is 0. The molecule has 1 N–H and O–H groups in total. The molecule has 6 heteroatoms. The molecule has 16 heavy (non-hydrogen) atoms.